The highest BCUT2D eigenvalue weighted by atomic mass is 19.4. The highest BCUT2D eigenvalue weighted by molar-refractivity contribution is 5.73. The molecule has 2 amide bonds. The van der Waals surface area contributed by atoms with Crippen molar-refractivity contribution in [2.45, 2.75) is 31.3 Å². The van der Waals surface area contributed by atoms with Gasteiger partial charge in [0, 0.05) is 33.0 Å². The number of nitrogens with zero attached hydrogens (tertiary/aromatic N) is 1. The van der Waals surface area contributed by atoms with Crippen LogP contribution in [0, 0.1) is 0 Å². The average Bonchev–Trinajstić information content (AvgIpc) is 2.53. The second-order valence-corrected chi connectivity index (χ2v) is 5.60. The molecule has 0 aliphatic carbocycles. The molecule has 0 unspecified atom stereocenters. The van der Waals surface area contributed by atoms with Crippen LogP contribution in [0.1, 0.15) is 24.0 Å². The molecule has 1 aliphatic rings. The van der Waals surface area contributed by atoms with Gasteiger partial charge in [0.2, 0.25) is 0 Å². The Bertz CT molecular complexity index is 589. The maximum absolute atomic E-state index is 12.8. The molecular formula is C15H16F6N2O2. The van der Waals surface area contributed by atoms with Gasteiger partial charge in [-0.25, -0.2) is 4.79 Å². The maximum Gasteiger partial charge on any atom is 0.416 e. The number of likely N-dealkylation sites (tertiary alicyclic amines) is 1. The number of rotatable bonds is 2. The minimum absolute atomic E-state index is 0.0566. The number of nitrogens with one attached hydrogen (secondary N) is 1. The van der Waals surface area contributed by atoms with Crippen molar-refractivity contribution in [1.82, 2.24) is 10.2 Å². The highest BCUT2D eigenvalue weighted by Gasteiger charge is 2.37. The van der Waals surface area contributed by atoms with E-state index in [2.05, 4.69) is 5.32 Å². The molecule has 140 valence electrons. The molecule has 0 saturated carbocycles. The van der Waals surface area contributed by atoms with Gasteiger partial charge in [0.15, 0.2) is 0 Å². The standard InChI is InChI=1S/C15H16F6N2O2/c1-22-13(24)23-4-2-11(3-5-23)25-12-7-9(14(16,17)18)6-10(8-12)15(19,20)21/h6-8,11H,2-5H2,1H3,(H,22,24). The number of alkyl halides is 6. The number of carbonyl (C=O) groups is 1. The molecule has 1 fully saturated rings. The Morgan fingerprint density at radius 1 is 1.04 bits per heavy atom. The predicted octanol–water partition coefficient (Wildman–Crippen LogP) is 3.91. The summed E-state index contributed by atoms with van der Waals surface area (Å²) < 4.78 is 82.2. The minimum atomic E-state index is -4.91. The average molecular weight is 370 g/mol. The van der Waals surface area contributed by atoms with Crippen LogP contribution in [0.25, 0.3) is 0 Å². The molecule has 2 rings (SSSR count). The third-order valence-corrected chi connectivity index (χ3v) is 3.81. The lowest BCUT2D eigenvalue weighted by atomic mass is 10.1. The number of urea groups is 1. The monoisotopic (exact) mass is 370 g/mol. The van der Waals surface area contributed by atoms with Crippen molar-refractivity contribution in [2.75, 3.05) is 20.1 Å². The summed E-state index contributed by atoms with van der Waals surface area (Å²) in [6.45, 7) is 0.602. The number of piperidine rings is 1. The van der Waals surface area contributed by atoms with Crippen molar-refractivity contribution in [3.05, 3.63) is 29.3 Å². The van der Waals surface area contributed by atoms with Gasteiger partial charge in [-0.3, -0.25) is 0 Å². The maximum atomic E-state index is 12.8. The molecule has 25 heavy (non-hydrogen) atoms. The molecule has 4 nitrogen and oxygen atoms in total. The van der Waals surface area contributed by atoms with Crippen LogP contribution in [0.4, 0.5) is 31.1 Å². The summed E-state index contributed by atoms with van der Waals surface area (Å²) >= 11 is 0. The molecular weight excluding hydrogens is 354 g/mol. The molecule has 0 atom stereocenters. The third-order valence-electron chi connectivity index (χ3n) is 3.81. The van der Waals surface area contributed by atoms with Gasteiger partial charge in [0.05, 0.1) is 11.1 Å². The molecule has 1 aromatic carbocycles. The van der Waals surface area contributed by atoms with Crippen molar-refractivity contribution in [2.24, 2.45) is 0 Å². The summed E-state index contributed by atoms with van der Waals surface area (Å²) in [4.78, 5) is 13.0. The normalized spacial score (nSPS) is 16.7. The lowest BCUT2D eigenvalue weighted by molar-refractivity contribution is -0.143. The van der Waals surface area contributed by atoms with Crippen LogP contribution in [-0.4, -0.2) is 37.2 Å². The van der Waals surface area contributed by atoms with E-state index in [1.54, 1.807) is 0 Å². The van der Waals surface area contributed by atoms with Gasteiger partial charge in [-0.15, -0.1) is 0 Å². The van der Waals surface area contributed by atoms with Gasteiger partial charge in [-0.1, -0.05) is 0 Å². The zero-order valence-corrected chi connectivity index (χ0v) is 13.2. The number of ether oxygens (including phenoxy) is 1. The van der Waals surface area contributed by atoms with Crippen LogP contribution in [0.5, 0.6) is 5.75 Å². The Labute approximate surface area is 139 Å². The fourth-order valence-electron chi connectivity index (χ4n) is 2.52. The van der Waals surface area contributed by atoms with Gasteiger partial charge in [-0.2, -0.15) is 26.3 Å². The fourth-order valence-corrected chi connectivity index (χ4v) is 2.52. The van der Waals surface area contributed by atoms with Crippen LogP contribution in [0.2, 0.25) is 0 Å². The summed E-state index contributed by atoms with van der Waals surface area (Å²) in [5.74, 6) is -0.486. The quantitative estimate of drug-likeness (QED) is 0.803. The van der Waals surface area contributed by atoms with Crippen molar-refractivity contribution >= 4 is 6.03 Å². The van der Waals surface area contributed by atoms with E-state index in [9.17, 15) is 31.1 Å². The molecule has 0 radical (unpaired) electrons. The van der Waals surface area contributed by atoms with Gasteiger partial charge in [-0.05, 0) is 18.2 Å². The SMILES string of the molecule is CNC(=O)N1CCC(Oc2cc(C(F)(F)F)cc(C(F)(F)F)c2)CC1. The number of hydrogen-bond acceptors (Lipinski definition) is 2. The second kappa shape index (κ2) is 7.01. The number of benzene rings is 1. The first-order chi connectivity index (χ1) is 11.5. The van der Waals surface area contributed by atoms with E-state index in [0.29, 0.717) is 38.1 Å². The van der Waals surface area contributed by atoms with Gasteiger partial charge in [0.1, 0.15) is 11.9 Å². The first-order valence-corrected chi connectivity index (χ1v) is 7.43. The van der Waals surface area contributed by atoms with E-state index in [-0.39, 0.29) is 12.1 Å². The summed E-state index contributed by atoms with van der Waals surface area (Å²) in [6, 6.07) is 0.874. The molecule has 1 aromatic rings. The van der Waals surface area contributed by atoms with E-state index in [1.807, 2.05) is 0 Å². The zero-order valence-electron chi connectivity index (χ0n) is 13.2. The Balaban J connectivity index is 2.15. The zero-order chi connectivity index (χ0) is 18.8. The molecule has 0 bridgehead atoms. The molecule has 1 N–H and O–H groups in total. The van der Waals surface area contributed by atoms with E-state index in [4.69, 9.17) is 4.74 Å². The first kappa shape index (κ1) is 19.2. The fraction of sp³-hybridized carbons (Fsp3) is 0.533. The Hall–Kier alpha value is -2.13. The molecule has 1 aliphatic heterocycles. The van der Waals surface area contributed by atoms with Crippen LogP contribution < -0.4 is 10.1 Å². The summed E-state index contributed by atoms with van der Waals surface area (Å²) in [5.41, 5.74) is -2.83. The Morgan fingerprint density at radius 3 is 1.92 bits per heavy atom. The number of halogens is 6. The van der Waals surface area contributed by atoms with Gasteiger partial charge < -0.3 is 15.0 Å². The summed E-state index contributed by atoms with van der Waals surface area (Å²) in [5, 5.41) is 2.44. The Kier molecular flexibility index (Phi) is 5.38. The summed E-state index contributed by atoms with van der Waals surface area (Å²) in [7, 11) is 1.46. The largest absolute Gasteiger partial charge is 0.490 e. The minimum Gasteiger partial charge on any atom is -0.490 e. The predicted molar refractivity (Wildman–Crippen MR) is 76.1 cm³/mol. The smallest absolute Gasteiger partial charge is 0.416 e. The van der Waals surface area contributed by atoms with E-state index >= 15 is 0 Å². The van der Waals surface area contributed by atoms with Crippen LogP contribution in [0.15, 0.2) is 18.2 Å². The topological polar surface area (TPSA) is 41.6 Å². The van der Waals surface area contributed by atoms with E-state index in [1.165, 1.54) is 11.9 Å². The van der Waals surface area contributed by atoms with Crippen LogP contribution in [0.3, 0.4) is 0 Å². The lowest BCUT2D eigenvalue weighted by Gasteiger charge is -2.32. The summed E-state index contributed by atoms with van der Waals surface area (Å²) in [6.07, 6.45) is -9.77. The molecule has 10 heteroatoms. The van der Waals surface area contributed by atoms with E-state index < -0.39 is 35.3 Å². The second-order valence-electron chi connectivity index (χ2n) is 5.60. The van der Waals surface area contributed by atoms with Crippen molar-refractivity contribution < 1.29 is 35.9 Å². The Morgan fingerprint density at radius 2 is 1.52 bits per heavy atom. The number of hydrogen-bond donors (Lipinski definition) is 1. The van der Waals surface area contributed by atoms with Crippen LogP contribution in [-0.2, 0) is 12.4 Å². The molecule has 0 spiro atoms. The third kappa shape index (κ3) is 4.93. The van der Waals surface area contributed by atoms with Crippen molar-refractivity contribution in [1.29, 1.82) is 0 Å². The van der Waals surface area contributed by atoms with Crippen LogP contribution >= 0.6 is 0 Å². The molecule has 1 heterocycles. The molecule has 1 saturated heterocycles. The van der Waals surface area contributed by atoms with E-state index in [0.717, 1.165) is 0 Å². The highest BCUT2D eigenvalue weighted by Crippen LogP contribution is 2.38. The number of amides is 2. The number of carbonyl (C=O) groups excluding carboxylic acids is 1. The van der Waals surface area contributed by atoms with Crippen molar-refractivity contribution in [3.63, 3.8) is 0 Å². The lowest BCUT2D eigenvalue weighted by Crippen LogP contribution is -2.45. The van der Waals surface area contributed by atoms with Gasteiger partial charge >= 0.3 is 18.4 Å². The molecule has 0 aromatic heterocycles. The first-order valence-electron chi connectivity index (χ1n) is 7.43. The van der Waals surface area contributed by atoms with Gasteiger partial charge in [0.25, 0.3) is 0 Å². The van der Waals surface area contributed by atoms with Crippen molar-refractivity contribution in [3.8, 4) is 5.75 Å².